The van der Waals surface area contributed by atoms with Crippen LogP contribution in [0.25, 0.3) is 5.69 Å². The van der Waals surface area contributed by atoms with E-state index < -0.39 is 0 Å². The topological polar surface area (TPSA) is 75.3 Å². The summed E-state index contributed by atoms with van der Waals surface area (Å²) in [6.07, 6.45) is 7.74. The Balaban J connectivity index is 1.73. The number of nitriles is 1. The van der Waals surface area contributed by atoms with E-state index in [2.05, 4.69) is 33.4 Å². The molecule has 3 heterocycles. The highest BCUT2D eigenvalue weighted by Gasteiger charge is 2.24. The van der Waals surface area contributed by atoms with E-state index in [0.29, 0.717) is 31.4 Å². The van der Waals surface area contributed by atoms with Crippen molar-refractivity contribution < 1.29 is 9.47 Å². The highest BCUT2D eigenvalue weighted by atomic mass is 16.5. The second-order valence-corrected chi connectivity index (χ2v) is 8.02. The first-order valence-corrected chi connectivity index (χ1v) is 11.6. The summed E-state index contributed by atoms with van der Waals surface area (Å²) in [5.74, 6) is 2.48. The highest BCUT2D eigenvalue weighted by molar-refractivity contribution is 5.60. The van der Waals surface area contributed by atoms with E-state index >= 15 is 0 Å². The molecule has 1 N–H and O–H groups in total. The summed E-state index contributed by atoms with van der Waals surface area (Å²) in [4.78, 5) is 6.96. The molecule has 172 valence electrons. The molecule has 33 heavy (non-hydrogen) atoms. The molecule has 0 unspecified atom stereocenters. The molecule has 4 rings (SSSR count). The van der Waals surface area contributed by atoms with Gasteiger partial charge in [0, 0.05) is 31.2 Å². The molecule has 1 aliphatic rings. The number of rotatable bonds is 9. The second kappa shape index (κ2) is 10.9. The van der Waals surface area contributed by atoms with E-state index in [1.54, 1.807) is 6.20 Å². The molecule has 0 atom stereocenters. The van der Waals surface area contributed by atoms with E-state index in [1.807, 2.05) is 55.1 Å². The van der Waals surface area contributed by atoms with Crippen molar-refractivity contribution in [3.8, 4) is 23.3 Å². The monoisotopic (exact) mass is 445 g/mol. The first-order chi connectivity index (χ1) is 16.2. The van der Waals surface area contributed by atoms with Gasteiger partial charge in [0.25, 0.3) is 0 Å². The zero-order valence-corrected chi connectivity index (χ0v) is 19.3. The van der Waals surface area contributed by atoms with Crippen LogP contribution < -0.4 is 19.7 Å². The summed E-state index contributed by atoms with van der Waals surface area (Å²) in [6, 6.07) is 14.5. The fourth-order valence-corrected chi connectivity index (χ4v) is 4.33. The van der Waals surface area contributed by atoms with Crippen molar-refractivity contribution in [1.29, 1.82) is 5.26 Å². The van der Waals surface area contributed by atoms with Crippen LogP contribution in [0.15, 0.2) is 55.0 Å². The standard InChI is InChI=1S/C26H31N5O2/c1-3-32-23-15-21(16-24(33-4-2)26(23)30-13-5-6-14-30)19-31(22-9-11-28-12-10-22)25-8-7-20(17-27)18-29-25/h5-8,13-16,18,22,28H,3-4,9-12,19H2,1-2H3. The van der Waals surface area contributed by atoms with Crippen molar-refractivity contribution in [2.45, 2.75) is 39.3 Å². The molecular weight excluding hydrogens is 414 g/mol. The summed E-state index contributed by atoms with van der Waals surface area (Å²) in [7, 11) is 0. The van der Waals surface area contributed by atoms with Crippen LogP contribution in [0.5, 0.6) is 11.5 Å². The van der Waals surface area contributed by atoms with Crippen LogP contribution >= 0.6 is 0 Å². The van der Waals surface area contributed by atoms with Crippen LogP contribution in [0.2, 0.25) is 0 Å². The third kappa shape index (κ3) is 5.29. The molecule has 0 aliphatic carbocycles. The number of nitrogens with one attached hydrogen (secondary N) is 1. The van der Waals surface area contributed by atoms with E-state index in [9.17, 15) is 5.26 Å². The molecular formula is C26H31N5O2. The molecule has 1 aromatic carbocycles. The molecule has 7 heteroatoms. The Kier molecular flexibility index (Phi) is 7.48. The number of ether oxygens (including phenoxy) is 2. The number of anilines is 1. The number of aromatic nitrogens is 2. The smallest absolute Gasteiger partial charge is 0.147 e. The van der Waals surface area contributed by atoms with Crippen molar-refractivity contribution in [1.82, 2.24) is 14.9 Å². The maximum Gasteiger partial charge on any atom is 0.147 e. The van der Waals surface area contributed by atoms with Gasteiger partial charge in [-0.3, -0.25) is 0 Å². The van der Waals surface area contributed by atoms with Gasteiger partial charge in [-0.25, -0.2) is 4.98 Å². The summed E-state index contributed by atoms with van der Waals surface area (Å²) >= 11 is 0. The minimum atomic E-state index is 0.363. The fourth-order valence-electron chi connectivity index (χ4n) is 4.33. The first kappa shape index (κ1) is 22.7. The predicted molar refractivity (Wildman–Crippen MR) is 129 cm³/mol. The Morgan fingerprint density at radius 2 is 1.76 bits per heavy atom. The van der Waals surface area contributed by atoms with Crippen molar-refractivity contribution in [3.05, 3.63) is 66.1 Å². The Labute approximate surface area is 195 Å². The second-order valence-electron chi connectivity index (χ2n) is 8.02. The SMILES string of the molecule is CCOc1cc(CN(c2ccc(C#N)cn2)C2CCNCC2)cc(OCC)c1-n1cccc1. The maximum absolute atomic E-state index is 9.18. The largest absolute Gasteiger partial charge is 0.492 e. The molecule has 0 radical (unpaired) electrons. The van der Waals surface area contributed by atoms with Gasteiger partial charge in [0.2, 0.25) is 0 Å². The average Bonchev–Trinajstić information content (AvgIpc) is 3.38. The summed E-state index contributed by atoms with van der Waals surface area (Å²) in [5, 5.41) is 12.6. The lowest BCUT2D eigenvalue weighted by molar-refractivity contribution is 0.320. The highest BCUT2D eigenvalue weighted by Crippen LogP contribution is 2.36. The molecule has 1 saturated heterocycles. The number of piperidine rings is 1. The average molecular weight is 446 g/mol. The Bertz CT molecular complexity index is 1040. The normalized spacial score (nSPS) is 14.0. The van der Waals surface area contributed by atoms with Crippen molar-refractivity contribution in [2.75, 3.05) is 31.2 Å². The number of nitrogens with zero attached hydrogens (tertiary/aromatic N) is 4. The molecule has 0 spiro atoms. The van der Waals surface area contributed by atoms with Crippen LogP contribution in [-0.4, -0.2) is 41.9 Å². The zero-order valence-electron chi connectivity index (χ0n) is 19.3. The van der Waals surface area contributed by atoms with Gasteiger partial charge in [-0.15, -0.1) is 0 Å². The zero-order chi connectivity index (χ0) is 23.0. The van der Waals surface area contributed by atoms with E-state index in [-0.39, 0.29) is 0 Å². The lowest BCUT2D eigenvalue weighted by Gasteiger charge is -2.36. The van der Waals surface area contributed by atoms with Gasteiger partial charge in [-0.2, -0.15) is 5.26 Å². The molecule has 7 nitrogen and oxygen atoms in total. The molecule has 1 aliphatic heterocycles. The van der Waals surface area contributed by atoms with Gasteiger partial charge in [-0.05, 0) is 81.7 Å². The molecule has 1 fully saturated rings. The van der Waals surface area contributed by atoms with Gasteiger partial charge in [0.05, 0.1) is 18.8 Å². The van der Waals surface area contributed by atoms with Gasteiger partial charge in [0.15, 0.2) is 0 Å². The number of pyridine rings is 1. The first-order valence-electron chi connectivity index (χ1n) is 11.6. The lowest BCUT2D eigenvalue weighted by atomic mass is 10.0. The van der Waals surface area contributed by atoms with E-state index in [4.69, 9.17) is 9.47 Å². The molecule has 0 amide bonds. The fraction of sp³-hybridized carbons (Fsp3) is 0.385. The van der Waals surface area contributed by atoms with Gasteiger partial charge >= 0.3 is 0 Å². The number of hydrogen-bond donors (Lipinski definition) is 1. The van der Waals surface area contributed by atoms with Gasteiger partial charge in [0.1, 0.15) is 29.1 Å². The van der Waals surface area contributed by atoms with E-state index in [1.165, 1.54) is 0 Å². The minimum Gasteiger partial charge on any atom is -0.492 e. The number of hydrogen-bond acceptors (Lipinski definition) is 6. The van der Waals surface area contributed by atoms with Gasteiger partial charge in [-0.1, -0.05) is 0 Å². The summed E-state index contributed by atoms with van der Waals surface area (Å²) in [5.41, 5.74) is 2.58. The van der Waals surface area contributed by atoms with Crippen LogP contribution in [0, 0.1) is 11.3 Å². The Hall–Kier alpha value is -3.50. The minimum absolute atomic E-state index is 0.363. The van der Waals surface area contributed by atoms with Gasteiger partial charge < -0.3 is 24.3 Å². The van der Waals surface area contributed by atoms with Crippen LogP contribution in [-0.2, 0) is 6.54 Å². The third-order valence-electron chi connectivity index (χ3n) is 5.84. The predicted octanol–water partition coefficient (Wildman–Crippen LogP) is 4.30. The van der Waals surface area contributed by atoms with Crippen molar-refractivity contribution in [2.24, 2.45) is 0 Å². The van der Waals surface area contributed by atoms with E-state index in [0.717, 1.165) is 54.5 Å². The maximum atomic E-state index is 9.18. The summed E-state index contributed by atoms with van der Waals surface area (Å²) in [6.45, 7) is 7.77. The Morgan fingerprint density at radius 1 is 1.09 bits per heavy atom. The summed E-state index contributed by atoms with van der Waals surface area (Å²) < 4.78 is 14.2. The third-order valence-corrected chi connectivity index (χ3v) is 5.84. The van der Waals surface area contributed by atoms with Crippen LogP contribution in [0.4, 0.5) is 5.82 Å². The molecule has 3 aromatic rings. The van der Waals surface area contributed by atoms with Crippen LogP contribution in [0.3, 0.4) is 0 Å². The Morgan fingerprint density at radius 3 is 2.30 bits per heavy atom. The quantitative estimate of drug-likeness (QED) is 0.529. The molecule has 2 aromatic heterocycles. The van der Waals surface area contributed by atoms with Crippen molar-refractivity contribution >= 4 is 5.82 Å². The molecule has 0 bridgehead atoms. The van der Waals surface area contributed by atoms with Crippen LogP contribution in [0.1, 0.15) is 37.8 Å². The molecule has 0 saturated carbocycles. The lowest BCUT2D eigenvalue weighted by Crippen LogP contribution is -2.43. The number of benzene rings is 1. The van der Waals surface area contributed by atoms with Crippen molar-refractivity contribution in [3.63, 3.8) is 0 Å².